The summed E-state index contributed by atoms with van der Waals surface area (Å²) in [5, 5.41) is 8.10. The highest BCUT2D eigenvalue weighted by atomic mass is 16.5. The van der Waals surface area contributed by atoms with Crippen LogP contribution < -0.4 is 10.1 Å². The number of benzene rings is 3. The molecule has 0 aliphatic carbocycles. The predicted octanol–water partition coefficient (Wildman–Crippen LogP) is 4.31. The number of amides is 1. The van der Waals surface area contributed by atoms with Gasteiger partial charge in [0, 0.05) is 30.8 Å². The van der Waals surface area contributed by atoms with Crippen molar-refractivity contribution >= 4 is 16.8 Å². The maximum atomic E-state index is 13.2. The van der Waals surface area contributed by atoms with Crippen LogP contribution in [0.4, 0.5) is 0 Å². The molecule has 1 N–H and O–H groups in total. The number of carbonyl (C=O) groups excluding carboxylic acids is 1. The number of methoxy groups -OCH3 is 1. The van der Waals surface area contributed by atoms with Crippen molar-refractivity contribution in [3.05, 3.63) is 83.9 Å². The van der Waals surface area contributed by atoms with E-state index in [0.29, 0.717) is 31.1 Å². The van der Waals surface area contributed by atoms with Gasteiger partial charge in [-0.1, -0.05) is 47.6 Å². The number of fused-ring (bicyclic) bond motifs is 1. The van der Waals surface area contributed by atoms with E-state index in [1.54, 1.807) is 13.2 Å². The SMILES string of the molecule is COc1ccc(C(CNC(=O)c2ccc3noc(-c4ccccc4)c3c2)N2CCOCC2)cc1. The molecule has 34 heavy (non-hydrogen) atoms. The molecular formula is C27H27N3O4. The minimum atomic E-state index is -0.131. The van der Waals surface area contributed by atoms with Gasteiger partial charge in [-0.05, 0) is 35.9 Å². The first-order valence-electron chi connectivity index (χ1n) is 11.4. The third-order valence-electron chi connectivity index (χ3n) is 6.22. The Morgan fingerprint density at radius 3 is 2.56 bits per heavy atom. The smallest absolute Gasteiger partial charge is 0.251 e. The molecule has 0 spiro atoms. The third kappa shape index (κ3) is 4.66. The molecule has 0 saturated carbocycles. The van der Waals surface area contributed by atoms with Crippen LogP contribution in [-0.2, 0) is 4.74 Å². The third-order valence-corrected chi connectivity index (χ3v) is 6.22. The van der Waals surface area contributed by atoms with Crippen LogP contribution in [-0.4, -0.2) is 55.9 Å². The van der Waals surface area contributed by atoms with E-state index < -0.39 is 0 Å². The zero-order valence-corrected chi connectivity index (χ0v) is 19.1. The molecule has 1 amide bonds. The number of hydrogen-bond acceptors (Lipinski definition) is 6. The molecule has 1 saturated heterocycles. The molecular weight excluding hydrogens is 430 g/mol. The first-order valence-corrected chi connectivity index (χ1v) is 11.4. The van der Waals surface area contributed by atoms with Gasteiger partial charge in [-0.2, -0.15) is 0 Å². The molecule has 1 aliphatic rings. The van der Waals surface area contributed by atoms with E-state index in [-0.39, 0.29) is 11.9 Å². The number of morpholine rings is 1. The van der Waals surface area contributed by atoms with Crippen molar-refractivity contribution in [3.8, 4) is 17.1 Å². The van der Waals surface area contributed by atoms with Gasteiger partial charge in [0.2, 0.25) is 0 Å². The molecule has 174 valence electrons. The number of aromatic nitrogens is 1. The van der Waals surface area contributed by atoms with Gasteiger partial charge in [0.05, 0.1) is 31.8 Å². The Hall–Kier alpha value is -3.68. The van der Waals surface area contributed by atoms with Gasteiger partial charge < -0.3 is 19.3 Å². The Morgan fingerprint density at radius 2 is 1.82 bits per heavy atom. The highest BCUT2D eigenvalue weighted by molar-refractivity contribution is 6.01. The van der Waals surface area contributed by atoms with Crippen LogP contribution in [0.1, 0.15) is 22.0 Å². The highest BCUT2D eigenvalue weighted by Crippen LogP contribution is 2.29. The lowest BCUT2D eigenvalue weighted by Crippen LogP contribution is -2.43. The summed E-state index contributed by atoms with van der Waals surface area (Å²) < 4.78 is 16.4. The fraction of sp³-hybridized carbons (Fsp3) is 0.259. The van der Waals surface area contributed by atoms with E-state index in [9.17, 15) is 4.79 Å². The molecule has 2 heterocycles. The molecule has 1 unspecified atom stereocenters. The number of rotatable bonds is 7. The van der Waals surface area contributed by atoms with Gasteiger partial charge in [-0.3, -0.25) is 9.69 Å². The summed E-state index contributed by atoms with van der Waals surface area (Å²) in [6, 6.07) is 23.3. The van der Waals surface area contributed by atoms with E-state index in [1.165, 1.54) is 0 Å². The summed E-state index contributed by atoms with van der Waals surface area (Å²) >= 11 is 0. The first-order chi connectivity index (χ1) is 16.7. The molecule has 1 atom stereocenters. The lowest BCUT2D eigenvalue weighted by atomic mass is 10.0. The minimum Gasteiger partial charge on any atom is -0.497 e. The van der Waals surface area contributed by atoms with Crippen molar-refractivity contribution in [2.75, 3.05) is 40.0 Å². The molecule has 7 nitrogen and oxygen atoms in total. The average molecular weight is 458 g/mol. The summed E-state index contributed by atoms with van der Waals surface area (Å²) in [5.74, 6) is 1.34. The Balaban J connectivity index is 1.36. The van der Waals surface area contributed by atoms with Gasteiger partial charge in [-0.15, -0.1) is 0 Å². The van der Waals surface area contributed by atoms with E-state index in [4.69, 9.17) is 14.0 Å². The first kappa shape index (κ1) is 22.1. The maximum absolute atomic E-state index is 13.2. The van der Waals surface area contributed by atoms with Gasteiger partial charge in [0.1, 0.15) is 11.3 Å². The fourth-order valence-corrected chi connectivity index (χ4v) is 4.34. The molecule has 5 rings (SSSR count). The predicted molar refractivity (Wildman–Crippen MR) is 130 cm³/mol. The van der Waals surface area contributed by atoms with Crippen molar-refractivity contribution in [3.63, 3.8) is 0 Å². The normalized spacial score (nSPS) is 15.2. The quantitative estimate of drug-likeness (QED) is 0.446. The largest absolute Gasteiger partial charge is 0.497 e. The topological polar surface area (TPSA) is 76.8 Å². The number of nitrogens with one attached hydrogen (secondary N) is 1. The van der Waals surface area contributed by atoms with Crippen LogP contribution >= 0.6 is 0 Å². The standard InChI is InChI=1S/C27H27N3O4/c1-32-22-10-7-19(8-11-22)25(30-13-15-33-16-14-30)18-28-27(31)21-9-12-24-23(17-21)26(34-29-24)20-5-3-2-4-6-20/h2-12,17,25H,13-16,18H2,1H3,(H,28,31). The molecule has 1 aromatic heterocycles. The van der Waals surface area contributed by atoms with Crippen molar-refractivity contribution in [2.24, 2.45) is 0 Å². The van der Waals surface area contributed by atoms with Crippen LogP contribution in [0, 0.1) is 0 Å². The second-order valence-electron chi connectivity index (χ2n) is 8.26. The van der Waals surface area contributed by atoms with Crippen molar-refractivity contribution in [1.29, 1.82) is 0 Å². The Bertz CT molecular complexity index is 1250. The molecule has 7 heteroatoms. The second-order valence-corrected chi connectivity index (χ2v) is 8.26. The summed E-state index contributed by atoms with van der Waals surface area (Å²) in [5.41, 5.74) is 3.35. The second kappa shape index (κ2) is 10.1. The van der Waals surface area contributed by atoms with E-state index >= 15 is 0 Å². The molecule has 0 bridgehead atoms. The van der Waals surface area contributed by atoms with Crippen LogP contribution in [0.2, 0.25) is 0 Å². The monoisotopic (exact) mass is 457 g/mol. The number of nitrogens with zero attached hydrogens (tertiary/aromatic N) is 2. The van der Waals surface area contributed by atoms with Crippen LogP contribution in [0.25, 0.3) is 22.2 Å². The van der Waals surface area contributed by atoms with Crippen molar-refractivity contribution < 1.29 is 18.8 Å². The van der Waals surface area contributed by atoms with Gasteiger partial charge in [-0.25, -0.2) is 0 Å². The summed E-state index contributed by atoms with van der Waals surface area (Å²) in [7, 11) is 1.66. The zero-order valence-electron chi connectivity index (χ0n) is 19.1. The van der Waals surface area contributed by atoms with Crippen LogP contribution in [0.3, 0.4) is 0 Å². The Morgan fingerprint density at radius 1 is 1.06 bits per heavy atom. The van der Waals surface area contributed by atoms with Crippen molar-refractivity contribution in [1.82, 2.24) is 15.4 Å². The number of ether oxygens (including phenoxy) is 2. The molecule has 0 radical (unpaired) electrons. The molecule has 3 aromatic carbocycles. The number of carbonyl (C=O) groups is 1. The molecule has 1 fully saturated rings. The maximum Gasteiger partial charge on any atom is 0.251 e. The summed E-state index contributed by atoms with van der Waals surface area (Å²) in [6.45, 7) is 3.50. The molecule has 1 aliphatic heterocycles. The minimum absolute atomic E-state index is 0.0398. The highest BCUT2D eigenvalue weighted by Gasteiger charge is 2.24. The van der Waals surface area contributed by atoms with Gasteiger partial charge in [0.15, 0.2) is 5.76 Å². The Labute approximate surface area is 198 Å². The van der Waals surface area contributed by atoms with Gasteiger partial charge >= 0.3 is 0 Å². The summed E-state index contributed by atoms with van der Waals surface area (Å²) in [6.07, 6.45) is 0. The molecule has 4 aromatic rings. The van der Waals surface area contributed by atoms with E-state index in [2.05, 4.69) is 27.5 Å². The van der Waals surface area contributed by atoms with Crippen LogP contribution in [0.5, 0.6) is 5.75 Å². The van der Waals surface area contributed by atoms with E-state index in [1.807, 2.05) is 54.6 Å². The van der Waals surface area contributed by atoms with Crippen LogP contribution in [0.15, 0.2) is 77.3 Å². The van der Waals surface area contributed by atoms with E-state index in [0.717, 1.165) is 40.9 Å². The zero-order chi connectivity index (χ0) is 23.3. The van der Waals surface area contributed by atoms with Gasteiger partial charge in [0.25, 0.3) is 5.91 Å². The Kier molecular flexibility index (Phi) is 6.56. The summed E-state index contributed by atoms with van der Waals surface area (Å²) in [4.78, 5) is 15.5. The number of hydrogen-bond donors (Lipinski definition) is 1. The van der Waals surface area contributed by atoms with Crippen molar-refractivity contribution in [2.45, 2.75) is 6.04 Å². The lowest BCUT2D eigenvalue weighted by Gasteiger charge is -2.35. The average Bonchev–Trinajstić information content (AvgIpc) is 3.33. The fourth-order valence-electron chi connectivity index (χ4n) is 4.34. The lowest BCUT2D eigenvalue weighted by molar-refractivity contribution is 0.0162.